The molecule has 0 aliphatic heterocycles. The predicted molar refractivity (Wildman–Crippen MR) is 83.7 cm³/mol. The second-order valence-corrected chi connectivity index (χ2v) is 6.77. The second-order valence-electron chi connectivity index (χ2n) is 5.14. The number of anilines is 1. The summed E-state index contributed by atoms with van der Waals surface area (Å²) < 4.78 is 28.4. The lowest BCUT2D eigenvalue weighted by atomic mass is 10.1. The Morgan fingerprint density at radius 1 is 1.19 bits per heavy atom. The van der Waals surface area contributed by atoms with Gasteiger partial charge in [0.05, 0.1) is 6.33 Å². The van der Waals surface area contributed by atoms with Crippen molar-refractivity contribution in [3.63, 3.8) is 0 Å². The van der Waals surface area contributed by atoms with Crippen molar-refractivity contribution >= 4 is 15.7 Å². The lowest BCUT2D eigenvalue weighted by Gasteiger charge is -2.07. The Balaban J connectivity index is 2.03. The zero-order chi connectivity index (χ0) is 15.3. The van der Waals surface area contributed by atoms with Gasteiger partial charge in [-0.2, -0.15) is 8.42 Å². The van der Waals surface area contributed by atoms with Crippen LogP contribution in [-0.4, -0.2) is 18.0 Å². The Morgan fingerprint density at radius 2 is 1.90 bits per heavy atom. The minimum atomic E-state index is -3.61. The highest BCUT2D eigenvalue weighted by Crippen LogP contribution is 2.16. The second kappa shape index (κ2) is 6.76. The first-order chi connectivity index (χ1) is 10.0. The van der Waals surface area contributed by atoms with E-state index in [0.29, 0.717) is 5.69 Å². The van der Waals surface area contributed by atoms with Crippen LogP contribution in [0.4, 0.5) is 5.69 Å². The number of rotatable bonds is 7. The molecule has 21 heavy (non-hydrogen) atoms. The molecule has 0 unspecified atom stereocenters. The van der Waals surface area contributed by atoms with Crippen molar-refractivity contribution in [1.29, 1.82) is 0 Å². The molecule has 114 valence electrons. The van der Waals surface area contributed by atoms with Crippen molar-refractivity contribution in [3.8, 4) is 0 Å². The third-order valence-corrected chi connectivity index (χ3v) is 4.50. The molecule has 0 saturated carbocycles. The van der Waals surface area contributed by atoms with Gasteiger partial charge in [0.25, 0.3) is 10.0 Å². The van der Waals surface area contributed by atoms with E-state index < -0.39 is 10.0 Å². The first-order valence-corrected chi connectivity index (χ1v) is 8.59. The number of unbranched alkanes of at least 4 members (excludes halogenated alkanes) is 2. The largest absolute Gasteiger partial charge is 0.339 e. The molecule has 1 N–H and O–H groups in total. The average molecular weight is 307 g/mol. The molecular formula is C15H21N3O2S. The Labute approximate surface area is 126 Å². The highest BCUT2D eigenvalue weighted by molar-refractivity contribution is 7.92. The summed E-state index contributed by atoms with van der Waals surface area (Å²) >= 11 is 0. The maximum absolute atomic E-state index is 12.1. The molecule has 5 nitrogen and oxygen atoms in total. The molecular weight excluding hydrogens is 286 g/mol. The molecule has 0 spiro atoms. The Hall–Kier alpha value is -1.82. The molecule has 0 bridgehead atoms. The third kappa shape index (κ3) is 4.32. The Kier molecular flexibility index (Phi) is 5.01. The number of sulfonamides is 1. The lowest BCUT2D eigenvalue weighted by molar-refractivity contribution is 0.598. The number of nitrogens with zero attached hydrogens (tertiary/aromatic N) is 2. The zero-order valence-corrected chi connectivity index (χ0v) is 13.2. The van der Waals surface area contributed by atoms with Crippen molar-refractivity contribution in [1.82, 2.24) is 9.55 Å². The molecule has 0 atom stereocenters. The number of hydrogen-bond donors (Lipinski definition) is 1. The van der Waals surface area contributed by atoms with Crippen molar-refractivity contribution in [2.45, 2.75) is 37.6 Å². The van der Waals surface area contributed by atoms with E-state index in [9.17, 15) is 8.42 Å². The smallest absolute Gasteiger partial charge is 0.280 e. The van der Waals surface area contributed by atoms with E-state index in [2.05, 4.69) is 16.6 Å². The van der Waals surface area contributed by atoms with Gasteiger partial charge < -0.3 is 4.57 Å². The van der Waals surface area contributed by atoms with Crippen LogP contribution in [0.15, 0.2) is 41.8 Å². The van der Waals surface area contributed by atoms with E-state index in [1.807, 2.05) is 12.1 Å². The van der Waals surface area contributed by atoms with Gasteiger partial charge in [-0.1, -0.05) is 31.9 Å². The van der Waals surface area contributed by atoms with Crippen molar-refractivity contribution in [3.05, 3.63) is 42.4 Å². The quantitative estimate of drug-likeness (QED) is 0.800. The van der Waals surface area contributed by atoms with Crippen LogP contribution in [0.5, 0.6) is 0 Å². The average Bonchev–Trinajstić information content (AvgIpc) is 2.88. The molecule has 6 heteroatoms. The zero-order valence-electron chi connectivity index (χ0n) is 12.4. The topological polar surface area (TPSA) is 64.0 Å². The molecule has 0 radical (unpaired) electrons. The van der Waals surface area contributed by atoms with Crippen LogP contribution in [0.25, 0.3) is 0 Å². The van der Waals surface area contributed by atoms with Gasteiger partial charge in [0.1, 0.15) is 0 Å². The number of nitrogens with one attached hydrogen (secondary N) is 1. The Bertz CT molecular complexity index is 675. The highest BCUT2D eigenvalue weighted by atomic mass is 32.2. The minimum absolute atomic E-state index is 0.0250. The van der Waals surface area contributed by atoms with Crippen LogP contribution in [0.1, 0.15) is 31.7 Å². The van der Waals surface area contributed by atoms with Crippen molar-refractivity contribution in [2.75, 3.05) is 4.72 Å². The monoisotopic (exact) mass is 307 g/mol. The SMILES string of the molecule is CCCCCc1ccc(NS(=O)(=O)c2cn(C)cn2)cc1. The lowest BCUT2D eigenvalue weighted by Crippen LogP contribution is -2.13. The van der Waals surface area contributed by atoms with Crippen LogP contribution in [0, 0.1) is 0 Å². The predicted octanol–water partition coefficient (Wildman–Crippen LogP) is 2.95. The van der Waals surface area contributed by atoms with E-state index in [1.165, 1.54) is 30.9 Å². The first kappa shape index (κ1) is 15.6. The minimum Gasteiger partial charge on any atom is -0.339 e. The summed E-state index contributed by atoms with van der Waals surface area (Å²) in [4.78, 5) is 3.86. The Morgan fingerprint density at radius 3 is 2.48 bits per heavy atom. The number of hydrogen-bond acceptors (Lipinski definition) is 3. The van der Waals surface area contributed by atoms with E-state index in [4.69, 9.17) is 0 Å². The first-order valence-electron chi connectivity index (χ1n) is 7.11. The third-order valence-electron chi connectivity index (χ3n) is 3.23. The van der Waals surface area contributed by atoms with Crippen molar-refractivity contribution < 1.29 is 8.42 Å². The van der Waals surface area contributed by atoms with Gasteiger partial charge >= 0.3 is 0 Å². The van der Waals surface area contributed by atoms with Gasteiger partial charge in [0.15, 0.2) is 5.03 Å². The number of imidazole rings is 1. The van der Waals surface area contributed by atoms with Crippen molar-refractivity contribution in [2.24, 2.45) is 7.05 Å². The van der Waals surface area contributed by atoms with Gasteiger partial charge in [0.2, 0.25) is 0 Å². The molecule has 0 amide bonds. The summed E-state index contributed by atoms with van der Waals surface area (Å²) in [5, 5.41) is 0.0250. The standard InChI is InChI=1S/C15H21N3O2S/c1-3-4-5-6-13-7-9-14(10-8-13)17-21(19,20)15-11-18(2)12-16-15/h7-12,17H,3-6H2,1-2H3. The maximum Gasteiger partial charge on any atom is 0.280 e. The van der Waals surface area contributed by atoms with Crippen LogP contribution >= 0.6 is 0 Å². The highest BCUT2D eigenvalue weighted by Gasteiger charge is 2.16. The van der Waals surface area contributed by atoms with Gasteiger partial charge in [0, 0.05) is 18.9 Å². The molecule has 0 aliphatic rings. The molecule has 1 aromatic heterocycles. The number of aromatic nitrogens is 2. The molecule has 2 aromatic rings. The van der Waals surface area contributed by atoms with Crippen LogP contribution in [0.2, 0.25) is 0 Å². The molecule has 1 heterocycles. The van der Waals surface area contributed by atoms with E-state index in [1.54, 1.807) is 23.7 Å². The summed E-state index contributed by atoms with van der Waals surface area (Å²) in [6.45, 7) is 2.18. The van der Waals surface area contributed by atoms with E-state index >= 15 is 0 Å². The summed E-state index contributed by atoms with van der Waals surface area (Å²) in [6.07, 6.45) is 7.54. The molecule has 0 saturated heterocycles. The maximum atomic E-state index is 12.1. The van der Waals surface area contributed by atoms with Gasteiger partial charge in [-0.3, -0.25) is 4.72 Å². The number of benzene rings is 1. The summed E-state index contributed by atoms with van der Waals surface area (Å²) in [5.41, 5.74) is 1.78. The van der Waals surface area contributed by atoms with Gasteiger partial charge in [-0.05, 0) is 30.5 Å². The number of aryl methyl sites for hydroxylation is 2. The fourth-order valence-corrected chi connectivity index (χ4v) is 3.10. The van der Waals surface area contributed by atoms with Gasteiger partial charge in [-0.25, -0.2) is 4.98 Å². The summed E-state index contributed by atoms with van der Waals surface area (Å²) in [6, 6.07) is 7.52. The fourth-order valence-electron chi connectivity index (χ4n) is 2.05. The van der Waals surface area contributed by atoms with E-state index in [-0.39, 0.29) is 5.03 Å². The van der Waals surface area contributed by atoms with Crippen LogP contribution in [0.3, 0.4) is 0 Å². The molecule has 0 fully saturated rings. The normalized spacial score (nSPS) is 11.5. The van der Waals surface area contributed by atoms with E-state index in [0.717, 1.165) is 12.8 Å². The molecule has 1 aromatic carbocycles. The van der Waals surface area contributed by atoms with Gasteiger partial charge in [-0.15, -0.1) is 0 Å². The fraction of sp³-hybridized carbons (Fsp3) is 0.400. The molecule has 2 rings (SSSR count). The summed E-state index contributed by atoms with van der Waals surface area (Å²) in [7, 11) is -1.87. The molecule has 0 aliphatic carbocycles. The van der Waals surface area contributed by atoms with Crippen LogP contribution in [-0.2, 0) is 23.5 Å². The summed E-state index contributed by atoms with van der Waals surface area (Å²) in [5.74, 6) is 0. The van der Waals surface area contributed by atoms with Crippen LogP contribution < -0.4 is 4.72 Å².